The van der Waals surface area contributed by atoms with Crippen LogP contribution in [0.15, 0.2) is 46.0 Å². The van der Waals surface area contributed by atoms with Gasteiger partial charge in [-0.05, 0) is 38.5 Å². The first-order chi connectivity index (χ1) is 11.3. The number of aromatic nitrogens is 2. The van der Waals surface area contributed by atoms with E-state index in [0.29, 0.717) is 0 Å². The summed E-state index contributed by atoms with van der Waals surface area (Å²) in [4.78, 5) is 34.9. The highest BCUT2D eigenvalue weighted by Crippen LogP contribution is 2.20. The van der Waals surface area contributed by atoms with E-state index in [0.717, 1.165) is 28.1 Å². The number of nitrogens with one attached hydrogen (secondary N) is 2. The molecule has 0 aliphatic carbocycles. The number of amides is 1. The zero-order chi connectivity index (χ0) is 17.7. The van der Waals surface area contributed by atoms with Gasteiger partial charge in [0, 0.05) is 12.1 Å². The van der Waals surface area contributed by atoms with Gasteiger partial charge in [0.2, 0.25) is 5.91 Å². The highest BCUT2D eigenvalue weighted by molar-refractivity contribution is 5.76. The third-order valence-electron chi connectivity index (χ3n) is 3.30. The molecule has 1 amide bonds. The summed E-state index contributed by atoms with van der Waals surface area (Å²) in [5.41, 5.74) is 0.00844. The molecule has 1 heterocycles. The van der Waals surface area contributed by atoms with Gasteiger partial charge in [0.05, 0.1) is 12.1 Å². The number of hydrogen-bond acceptors (Lipinski definition) is 4. The normalized spacial score (nSPS) is 12.0. The Bertz CT molecular complexity index is 823. The van der Waals surface area contributed by atoms with Crippen LogP contribution in [0.1, 0.15) is 32.4 Å². The van der Waals surface area contributed by atoms with Crippen LogP contribution >= 0.6 is 0 Å². The van der Waals surface area contributed by atoms with Crippen LogP contribution < -0.4 is 21.2 Å². The maximum atomic E-state index is 12.1. The molecular weight excluding hydrogens is 310 g/mol. The van der Waals surface area contributed by atoms with Crippen molar-refractivity contribution < 1.29 is 9.53 Å². The molecule has 0 spiro atoms. The lowest BCUT2D eigenvalue weighted by molar-refractivity contribution is -0.122. The molecule has 2 N–H and O–H groups in total. The molecule has 0 bridgehead atoms. The van der Waals surface area contributed by atoms with Crippen molar-refractivity contribution >= 4 is 5.91 Å². The van der Waals surface area contributed by atoms with Gasteiger partial charge in [0.25, 0.3) is 11.1 Å². The molecule has 128 valence electrons. The smallest absolute Gasteiger partial charge is 0.265 e. The fourth-order valence-corrected chi connectivity index (χ4v) is 2.22. The van der Waals surface area contributed by atoms with E-state index in [9.17, 15) is 14.4 Å². The SMILES string of the molecule is CC(C)Oc1cccc([C@H](C)NC(=O)Cn2[nH]c(=O)ccc2=O)c1. The van der Waals surface area contributed by atoms with E-state index in [1.54, 1.807) is 0 Å². The van der Waals surface area contributed by atoms with E-state index in [4.69, 9.17) is 4.74 Å². The Morgan fingerprint density at radius 3 is 2.67 bits per heavy atom. The van der Waals surface area contributed by atoms with Crippen LogP contribution in [0, 0.1) is 0 Å². The molecule has 0 saturated carbocycles. The molecule has 2 aromatic rings. The minimum Gasteiger partial charge on any atom is -0.491 e. The van der Waals surface area contributed by atoms with Crippen LogP contribution in [-0.4, -0.2) is 21.8 Å². The number of benzene rings is 1. The predicted octanol–water partition coefficient (Wildman–Crippen LogP) is 1.20. The zero-order valence-corrected chi connectivity index (χ0v) is 13.9. The van der Waals surface area contributed by atoms with Crippen LogP contribution in [0.4, 0.5) is 0 Å². The second-order valence-electron chi connectivity index (χ2n) is 5.76. The Labute approximate surface area is 139 Å². The standard InChI is InChI=1S/C17H21N3O4/c1-11(2)24-14-6-4-5-13(9-14)12(3)18-16(22)10-20-17(23)8-7-15(21)19-20/h4-9,11-12H,10H2,1-3H3,(H,18,22)(H,19,21)/t12-/m0/s1. The molecule has 0 fully saturated rings. The summed E-state index contributed by atoms with van der Waals surface area (Å²) in [6.45, 7) is 5.47. The van der Waals surface area contributed by atoms with E-state index in [-0.39, 0.29) is 24.6 Å². The number of H-pyrrole nitrogens is 1. The van der Waals surface area contributed by atoms with Crippen molar-refractivity contribution in [2.24, 2.45) is 0 Å². The third kappa shape index (κ3) is 4.84. The van der Waals surface area contributed by atoms with Crippen LogP contribution in [0.3, 0.4) is 0 Å². The molecule has 0 aliphatic heterocycles. The number of nitrogens with zero attached hydrogens (tertiary/aromatic N) is 1. The van der Waals surface area contributed by atoms with Crippen LogP contribution in [0.5, 0.6) is 5.75 Å². The largest absolute Gasteiger partial charge is 0.491 e. The van der Waals surface area contributed by atoms with Crippen LogP contribution in [-0.2, 0) is 11.3 Å². The van der Waals surface area contributed by atoms with Gasteiger partial charge in [-0.1, -0.05) is 12.1 Å². The lowest BCUT2D eigenvalue weighted by Gasteiger charge is -2.17. The van der Waals surface area contributed by atoms with Crippen molar-refractivity contribution in [1.29, 1.82) is 0 Å². The first-order valence-electron chi connectivity index (χ1n) is 7.71. The number of hydrogen-bond donors (Lipinski definition) is 2. The molecule has 7 heteroatoms. The fraction of sp³-hybridized carbons (Fsp3) is 0.353. The van der Waals surface area contributed by atoms with Crippen molar-refractivity contribution in [3.8, 4) is 5.75 Å². The Morgan fingerprint density at radius 2 is 1.96 bits per heavy atom. The Balaban J connectivity index is 2.05. The molecule has 7 nitrogen and oxygen atoms in total. The summed E-state index contributed by atoms with van der Waals surface area (Å²) in [5.74, 6) is 0.355. The first kappa shape index (κ1) is 17.5. The van der Waals surface area contributed by atoms with Gasteiger partial charge in [0.1, 0.15) is 12.3 Å². The molecule has 0 saturated heterocycles. The predicted molar refractivity (Wildman–Crippen MR) is 90.1 cm³/mol. The van der Waals surface area contributed by atoms with E-state index >= 15 is 0 Å². The topological polar surface area (TPSA) is 93.2 Å². The number of aromatic amines is 1. The van der Waals surface area contributed by atoms with Crippen molar-refractivity contribution in [2.75, 3.05) is 0 Å². The van der Waals surface area contributed by atoms with E-state index in [2.05, 4.69) is 10.4 Å². The monoisotopic (exact) mass is 331 g/mol. The summed E-state index contributed by atoms with van der Waals surface area (Å²) in [5, 5.41) is 5.11. The van der Waals surface area contributed by atoms with Gasteiger partial charge in [-0.2, -0.15) is 0 Å². The maximum Gasteiger partial charge on any atom is 0.265 e. The summed E-state index contributed by atoms with van der Waals surface area (Å²) in [6.07, 6.45) is 0.0620. The lowest BCUT2D eigenvalue weighted by atomic mass is 10.1. The molecule has 1 atom stereocenters. The van der Waals surface area contributed by atoms with Crippen LogP contribution in [0.2, 0.25) is 0 Å². The molecule has 0 radical (unpaired) electrons. The molecule has 2 rings (SSSR count). The van der Waals surface area contributed by atoms with Gasteiger partial charge in [-0.15, -0.1) is 0 Å². The summed E-state index contributed by atoms with van der Waals surface area (Å²) in [6, 6.07) is 9.44. The average Bonchev–Trinajstić information content (AvgIpc) is 2.50. The summed E-state index contributed by atoms with van der Waals surface area (Å²) >= 11 is 0. The summed E-state index contributed by atoms with van der Waals surface area (Å²) < 4.78 is 6.61. The van der Waals surface area contributed by atoms with E-state index < -0.39 is 11.1 Å². The number of carbonyl (C=O) groups excluding carboxylic acids is 1. The van der Waals surface area contributed by atoms with E-state index in [1.165, 1.54) is 0 Å². The van der Waals surface area contributed by atoms with Crippen molar-refractivity contribution in [2.45, 2.75) is 39.5 Å². The summed E-state index contributed by atoms with van der Waals surface area (Å²) in [7, 11) is 0. The number of carbonyl (C=O) groups is 1. The molecule has 24 heavy (non-hydrogen) atoms. The minimum atomic E-state index is -0.440. The van der Waals surface area contributed by atoms with Gasteiger partial charge >= 0.3 is 0 Å². The molecule has 1 aromatic carbocycles. The highest BCUT2D eigenvalue weighted by Gasteiger charge is 2.12. The first-order valence-corrected chi connectivity index (χ1v) is 7.71. The number of rotatable bonds is 6. The Kier molecular flexibility index (Phi) is 5.57. The molecule has 0 unspecified atom stereocenters. The average molecular weight is 331 g/mol. The Morgan fingerprint density at radius 1 is 1.21 bits per heavy atom. The molecule has 0 aliphatic rings. The Hall–Kier alpha value is -2.83. The highest BCUT2D eigenvalue weighted by atomic mass is 16.5. The van der Waals surface area contributed by atoms with Crippen LogP contribution in [0.25, 0.3) is 0 Å². The molecular formula is C17H21N3O4. The second-order valence-corrected chi connectivity index (χ2v) is 5.76. The van der Waals surface area contributed by atoms with Crippen molar-refractivity contribution in [3.63, 3.8) is 0 Å². The molecule has 1 aromatic heterocycles. The third-order valence-corrected chi connectivity index (χ3v) is 3.30. The van der Waals surface area contributed by atoms with Gasteiger partial charge in [0.15, 0.2) is 0 Å². The zero-order valence-electron chi connectivity index (χ0n) is 13.9. The second kappa shape index (κ2) is 7.63. The van der Waals surface area contributed by atoms with E-state index in [1.807, 2.05) is 45.0 Å². The van der Waals surface area contributed by atoms with Crippen molar-refractivity contribution in [3.05, 3.63) is 62.7 Å². The van der Waals surface area contributed by atoms with Gasteiger partial charge < -0.3 is 10.1 Å². The maximum absolute atomic E-state index is 12.1. The fourth-order valence-electron chi connectivity index (χ4n) is 2.22. The van der Waals surface area contributed by atoms with Gasteiger partial charge in [-0.25, -0.2) is 4.68 Å². The lowest BCUT2D eigenvalue weighted by Crippen LogP contribution is -2.36. The van der Waals surface area contributed by atoms with Crippen molar-refractivity contribution in [1.82, 2.24) is 15.1 Å². The number of ether oxygens (including phenoxy) is 1. The van der Waals surface area contributed by atoms with Gasteiger partial charge in [-0.3, -0.25) is 19.5 Å². The minimum absolute atomic E-state index is 0.0620. The quantitative estimate of drug-likeness (QED) is 0.832.